The van der Waals surface area contributed by atoms with Gasteiger partial charge in [0.15, 0.2) is 0 Å². The molecule has 2 amide bonds. The average molecular weight is 201 g/mol. The number of rotatable bonds is 2. The smallest absolute Gasteiger partial charge is 0.424 e. The zero-order valence-electron chi connectivity index (χ0n) is 8.23. The maximum Gasteiger partial charge on any atom is 0.424 e. The van der Waals surface area contributed by atoms with E-state index in [1.54, 1.807) is 4.90 Å². The first-order valence-electron chi connectivity index (χ1n) is 4.53. The summed E-state index contributed by atoms with van der Waals surface area (Å²) in [7, 11) is 1.22. The van der Waals surface area contributed by atoms with Gasteiger partial charge in [-0.25, -0.2) is 15.6 Å². The summed E-state index contributed by atoms with van der Waals surface area (Å²) in [6.45, 7) is 1.40. The van der Waals surface area contributed by atoms with E-state index in [2.05, 4.69) is 4.74 Å². The molecule has 1 aliphatic rings. The highest BCUT2D eigenvalue weighted by Gasteiger charge is 2.21. The average Bonchev–Trinajstić information content (AvgIpc) is 2.69. The van der Waals surface area contributed by atoms with Crippen LogP contribution >= 0.6 is 0 Å². The minimum atomic E-state index is -0.697. The summed E-state index contributed by atoms with van der Waals surface area (Å²) in [5.41, 5.74) is 0. The lowest BCUT2D eigenvalue weighted by molar-refractivity contribution is -0.131. The number of hydrogen-bond donors (Lipinski definition) is 1. The van der Waals surface area contributed by atoms with E-state index in [1.807, 2.05) is 0 Å². The van der Waals surface area contributed by atoms with Crippen LogP contribution in [0.1, 0.15) is 12.8 Å². The largest absolute Gasteiger partial charge is 0.452 e. The summed E-state index contributed by atoms with van der Waals surface area (Å²) in [6, 6.07) is 0. The summed E-state index contributed by atoms with van der Waals surface area (Å²) < 4.78 is 4.37. The monoisotopic (exact) mass is 201 g/mol. The lowest BCUT2D eigenvalue weighted by Gasteiger charge is -2.19. The van der Waals surface area contributed by atoms with Crippen LogP contribution in [-0.2, 0) is 9.53 Å². The standard InChI is InChI=1S/C8H15N3O3/c1-14-8(13)11(9)6-7(12)10-4-2-3-5-10/h2-6,9H2,1H3. The zero-order chi connectivity index (χ0) is 10.6. The number of ether oxygens (including phenoxy) is 1. The van der Waals surface area contributed by atoms with Crippen molar-refractivity contribution < 1.29 is 14.3 Å². The van der Waals surface area contributed by atoms with Gasteiger partial charge < -0.3 is 9.64 Å². The van der Waals surface area contributed by atoms with Gasteiger partial charge in [0.25, 0.3) is 0 Å². The number of carbonyl (C=O) groups excluding carboxylic acids is 2. The van der Waals surface area contributed by atoms with Crippen LogP contribution in [0.2, 0.25) is 0 Å². The molecule has 80 valence electrons. The molecule has 0 spiro atoms. The molecule has 0 unspecified atom stereocenters. The van der Waals surface area contributed by atoms with Crippen LogP contribution in [0.4, 0.5) is 4.79 Å². The molecule has 1 aliphatic heterocycles. The highest BCUT2D eigenvalue weighted by molar-refractivity contribution is 5.82. The fourth-order valence-electron chi connectivity index (χ4n) is 1.39. The lowest BCUT2D eigenvalue weighted by Crippen LogP contribution is -2.45. The van der Waals surface area contributed by atoms with E-state index in [-0.39, 0.29) is 12.5 Å². The van der Waals surface area contributed by atoms with Crippen molar-refractivity contribution >= 4 is 12.0 Å². The third-order valence-electron chi connectivity index (χ3n) is 2.17. The molecule has 0 saturated carbocycles. The predicted octanol–water partition coefficient (Wildman–Crippen LogP) is -0.449. The maximum atomic E-state index is 11.5. The van der Waals surface area contributed by atoms with Crippen molar-refractivity contribution in [1.29, 1.82) is 0 Å². The van der Waals surface area contributed by atoms with Crippen molar-refractivity contribution in [3.8, 4) is 0 Å². The quantitative estimate of drug-likeness (QED) is 0.373. The molecule has 0 aromatic heterocycles. The molecule has 14 heavy (non-hydrogen) atoms. The van der Waals surface area contributed by atoms with E-state index in [0.29, 0.717) is 0 Å². The van der Waals surface area contributed by atoms with Gasteiger partial charge in [-0.05, 0) is 12.8 Å². The van der Waals surface area contributed by atoms with Crippen molar-refractivity contribution in [2.24, 2.45) is 5.84 Å². The molecule has 6 nitrogen and oxygen atoms in total. The Hall–Kier alpha value is -1.30. The summed E-state index contributed by atoms with van der Waals surface area (Å²) in [5, 5.41) is 0.778. The van der Waals surface area contributed by atoms with Crippen LogP contribution in [0.5, 0.6) is 0 Å². The van der Waals surface area contributed by atoms with E-state index in [4.69, 9.17) is 5.84 Å². The third kappa shape index (κ3) is 2.59. The molecule has 0 bridgehead atoms. The molecule has 0 atom stereocenters. The number of carbonyl (C=O) groups is 2. The van der Waals surface area contributed by atoms with Crippen molar-refractivity contribution in [2.45, 2.75) is 12.8 Å². The van der Waals surface area contributed by atoms with E-state index in [1.165, 1.54) is 7.11 Å². The molecule has 0 aliphatic carbocycles. The molecule has 2 N–H and O–H groups in total. The van der Waals surface area contributed by atoms with Gasteiger partial charge in [-0.15, -0.1) is 0 Å². The molecular formula is C8H15N3O3. The summed E-state index contributed by atoms with van der Waals surface area (Å²) >= 11 is 0. The Morgan fingerprint density at radius 1 is 1.43 bits per heavy atom. The number of methoxy groups -OCH3 is 1. The van der Waals surface area contributed by atoms with E-state index >= 15 is 0 Å². The number of nitrogens with zero attached hydrogens (tertiary/aromatic N) is 2. The number of amides is 2. The van der Waals surface area contributed by atoms with Gasteiger partial charge in [0.2, 0.25) is 5.91 Å². The Balaban J connectivity index is 2.35. The van der Waals surface area contributed by atoms with Crippen LogP contribution in [0.25, 0.3) is 0 Å². The lowest BCUT2D eigenvalue weighted by atomic mass is 10.4. The number of hydrogen-bond acceptors (Lipinski definition) is 4. The number of nitrogens with two attached hydrogens (primary N) is 1. The highest BCUT2D eigenvalue weighted by Crippen LogP contribution is 2.07. The van der Waals surface area contributed by atoms with E-state index in [9.17, 15) is 9.59 Å². The predicted molar refractivity (Wildman–Crippen MR) is 49.1 cm³/mol. The highest BCUT2D eigenvalue weighted by atomic mass is 16.5. The topological polar surface area (TPSA) is 75.9 Å². The van der Waals surface area contributed by atoms with E-state index < -0.39 is 6.09 Å². The van der Waals surface area contributed by atoms with Crippen molar-refractivity contribution in [3.05, 3.63) is 0 Å². The minimum Gasteiger partial charge on any atom is -0.452 e. The first-order valence-corrected chi connectivity index (χ1v) is 4.53. The normalized spacial score (nSPS) is 15.4. The Morgan fingerprint density at radius 3 is 2.50 bits per heavy atom. The molecule has 1 saturated heterocycles. The second-order valence-electron chi connectivity index (χ2n) is 3.19. The van der Waals surface area contributed by atoms with Gasteiger partial charge >= 0.3 is 6.09 Å². The van der Waals surface area contributed by atoms with Crippen molar-refractivity contribution in [3.63, 3.8) is 0 Å². The first kappa shape index (κ1) is 10.8. The molecule has 1 rings (SSSR count). The first-order chi connectivity index (χ1) is 6.65. The van der Waals surface area contributed by atoms with Crippen molar-refractivity contribution in [1.82, 2.24) is 9.91 Å². The Bertz CT molecular complexity index is 226. The van der Waals surface area contributed by atoms with Gasteiger partial charge in [0.05, 0.1) is 7.11 Å². The summed E-state index contributed by atoms with van der Waals surface area (Å²) in [5.74, 6) is 5.18. The second-order valence-corrected chi connectivity index (χ2v) is 3.19. The minimum absolute atomic E-state index is 0.118. The van der Waals surface area contributed by atoms with Gasteiger partial charge in [-0.2, -0.15) is 0 Å². The fraction of sp³-hybridized carbons (Fsp3) is 0.750. The SMILES string of the molecule is COC(=O)N(N)CC(=O)N1CCCC1. The van der Waals surface area contributed by atoms with Gasteiger partial charge in [0.1, 0.15) is 6.54 Å². The fourth-order valence-corrected chi connectivity index (χ4v) is 1.39. The van der Waals surface area contributed by atoms with Gasteiger partial charge in [-0.3, -0.25) is 4.79 Å². The number of hydrazine groups is 1. The molecule has 1 fully saturated rings. The molecular weight excluding hydrogens is 186 g/mol. The Morgan fingerprint density at radius 2 is 2.00 bits per heavy atom. The third-order valence-corrected chi connectivity index (χ3v) is 2.17. The summed E-state index contributed by atoms with van der Waals surface area (Å²) in [4.78, 5) is 24.0. The van der Waals surface area contributed by atoms with Gasteiger partial charge in [-0.1, -0.05) is 0 Å². The Labute approximate surface area is 82.6 Å². The van der Waals surface area contributed by atoms with Gasteiger partial charge in [0, 0.05) is 13.1 Å². The maximum absolute atomic E-state index is 11.5. The molecule has 6 heteroatoms. The molecule has 1 heterocycles. The molecule has 0 radical (unpaired) electrons. The van der Waals surface area contributed by atoms with E-state index in [0.717, 1.165) is 30.9 Å². The van der Waals surface area contributed by atoms with Crippen LogP contribution < -0.4 is 5.84 Å². The molecule has 0 aromatic rings. The zero-order valence-corrected chi connectivity index (χ0v) is 8.23. The second kappa shape index (κ2) is 4.80. The number of likely N-dealkylation sites (tertiary alicyclic amines) is 1. The van der Waals surface area contributed by atoms with Crippen LogP contribution in [0.3, 0.4) is 0 Å². The van der Waals surface area contributed by atoms with Crippen molar-refractivity contribution in [2.75, 3.05) is 26.7 Å². The summed E-state index contributed by atoms with van der Waals surface area (Å²) in [6.07, 6.45) is 1.35. The van der Waals surface area contributed by atoms with Crippen LogP contribution in [0, 0.1) is 0 Å². The van der Waals surface area contributed by atoms with Crippen LogP contribution in [-0.4, -0.2) is 48.7 Å². The van der Waals surface area contributed by atoms with Crippen LogP contribution in [0.15, 0.2) is 0 Å². The molecule has 0 aromatic carbocycles. The Kier molecular flexibility index (Phi) is 3.70.